The van der Waals surface area contributed by atoms with Gasteiger partial charge in [0.1, 0.15) is 11.5 Å². The van der Waals surface area contributed by atoms with Crippen LogP contribution in [0.25, 0.3) is 0 Å². The first kappa shape index (κ1) is 14.1. The molecule has 0 unspecified atom stereocenters. The molecule has 104 valence electrons. The van der Waals surface area contributed by atoms with E-state index in [2.05, 4.69) is 19.1 Å². The van der Waals surface area contributed by atoms with Gasteiger partial charge in [-0.2, -0.15) is 0 Å². The maximum Gasteiger partial charge on any atom is 0.136 e. The molecule has 0 aromatic heterocycles. The summed E-state index contributed by atoms with van der Waals surface area (Å²) < 4.78 is 5.45. The number of Topliss-reactive ketones (excluding diaryl/α,β-unsaturated/α-hetero) is 1. The third kappa shape index (κ3) is 3.59. The number of benzene rings is 1. The van der Waals surface area contributed by atoms with E-state index in [1.807, 2.05) is 19.1 Å². The van der Waals surface area contributed by atoms with Crippen molar-refractivity contribution < 1.29 is 9.53 Å². The Kier molecular flexibility index (Phi) is 5.00. The molecule has 0 saturated heterocycles. The third-order valence-corrected chi connectivity index (χ3v) is 4.07. The van der Waals surface area contributed by atoms with Crippen LogP contribution >= 0.6 is 0 Å². The van der Waals surface area contributed by atoms with E-state index in [9.17, 15) is 4.79 Å². The molecule has 1 fully saturated rings. The second kappa shape index (κ2) is 6.74. The van der Waals surface area contributed by atoms with Gasteiger partial charge in [0.15, 0.2) is 0 Å². The zero-order chi connectivity index (χ0) is 13.7. The highest BCUT2D eigenvalue weighted by Crippen LogP contribution is 2.35. The lowest BCUT2D eigenvalue weighted by atomic mass is 9.76. The minimum absolute atomic E-state index is 0.323. The molecule has 0 N–H and O–H groups in total. The van der Waals surface area contributed by atoms with E-state index < -0.39 is 0 Å². The number of rotatable bonds is 5. The average Bonchev–Trinajstić information content (AvgIpc) is 2.43. The Bertz CT molecular complexity index is 408. The summed E-state index contributed by atoms with van der Waals surface area (Å²) in [6.45, 7) is 4.84. The van der Waals surface area contributed by atoms with E-state index in [0.29, 0.717) is 24.2 Å². The first-order valence-corrected chi connectivity index (χ1v) is 7.50. The first-order chi connectivity index (χ1) is 9.24. The van der Waals surface area contributed by atoms with Gasteiger partial charge in [-0.05, 0) is 49.8 Å². The van der Waals surface area contributed by atoms with Crippen molar-refractivity contribution in [2.45, 2.75) is 51.9 Å². The molecule has 1 saturated carbocycles. The van der Waals surface area contributed by atoms with Gasteiger partial charge in [0.25, 0.3) is 0 Å². The molecule has 19 heavy (non-hydrogen) atoms. The van der Waals surface area contributed by atoms with E-state index in [1.54, 1.807) is 0 Å². The van der Waals surface area contributed by atoms with Gasteiger partial charge in [-0.15, -0.1) is 0 Å². The van der Waals surface area contributed by atoms with Gasteiger partial charge >= 0.3 is 0 Å². The molecule has 0 heterocycles. The number of hydrogen-bond acceptors (Lipinski definition) is 2. The molecule has 2 heteroatoms. The van der Waals surface area contributed by atoms with Crippen LogP contribution in [0.5, 0.6) is 5.75 Å². The normalized spacial score (nSPS) is 23.4. The van der Waals surface area contributed by atoms with Gasteiger partial charge in [0, 0.05) is 12.3 Å². The molecule has 2 rings (SSSR count). The van der Waals surface area contributed by atoms with Crippen LogP contribution in [0, 0.1) is 5.92 Å². The highest BCUT2D eigenvalue weighted by atomic mass is 16.5. The first-order valence-electron chi connectivity index (χ1n) is 7.50. The second-order valence-electron chi connectivity index (χ2n) is 5.43. The fraction of sp³-hybridized carbons (Fsp3) is 0.588. The fourth-order valence-electron chi connectivity index (χ4n) is 3.02. The Balaban J connectivity index is 1.98. The van der Waals surface area contributed by atoms with Crippen molar-refractivity contribution in [3.8, 4) is 5.75 Å². The largest absolute Gasteiger partial charge is 0.494 e. The Labute approximate surface area is 116 Å². The molecule has 1 aromatic rings. The Morgan fingerprint density at radius 1 is 1.16 bits per heavy atom. The summed E-state index contributed by atoms with van der Waals surface area (Å²) in [5, 5.41) is 0. The Hall–Kier alpha value is -1.31. The summed E-state index contributed by atoms with van der Waals surface area (Å²) in [5.41, 5.74) is 1.28. The molecule has 2 atom stereocenters. The molecular weight excluding hydrogens is 236 g/mol. The molecular formula is C17H24O2. The maximum absolute atomic E-state index is 12.1. The Morgan fingerprint density at radius 2 is 1.89 bits per heavy atom. The Morgan fingerprint density at radius 3 is 2.47 bits per heavy atom. The highest BCUT2D eigenvalue weighted by molar-refractivity contribution is 5.82. The standard InChI is InChI=1S/C17H24O2/c1-3-5-14-6-7-15(12-17(14)18)13-8-10-16(11-9-13)19-4-2/h8-11,14-15H,3-7,12H2,1-2H3/t14-,15-/m0/s1. The monoisotopic (exact) mass is 260 g/mol. The van der Waals surface area contributed by atoms with Crippen LogP contribution < -0.4 is 4.74 Å². The van der Waals surface area contributed by atoms with Crippen molar-refractivity contribution >= 4 is 5.78 Å². The summed E-state index contributed by atoms with van der Waals surface area (Å²) >= 11 is 0. The zero-order valence-electron chi connectivity index (χ0n) is 12.0. The van der Waals surface area contributed by atoms with Crippen LogP contribution in [-0.4, -0.2) is 12.4 Å². The van der Waals surface area contributed by atoms with Crippen LogP contribution in [0.2, 0.25) is 0 Å². The third-order valence-electron chi connectivity index (χ3n) is 4.07. The minimum atomic E-state index is 0.323. The fourth-order valence-corrected chi connectivity index (χ4v) is 3.02. The number of carbonyl (C=O) groups excluding carboxylic acids is 1. The van der Waals surface area contributed by atoms with Gasteiger partial charge < -0.3 is 4.74 Å². The lowest BCUT2D eigenvalue weighted by Crippen LogP contribution is -2.23. The molecule has 0 bridgehead atoms. The second-order valence-corrected chi connectivity index (χ2v) is 5.43. The van der Waals surface area contributed by atoms with Crippen molar-refractivity contribution in [1.82, 2.24) is 0 Å². The number of hydrogen-bond donors (Lipinski definition) is 0. The van der Waals surface area contributed by atoms with Crippen LogP contribution in [0.1, 0.15) is 57.4 Å². The van der Waals surface area contributed by atoms with Crippen molar-refractivity contribution in [3.05, 3.63) is 29.8 Å². The number of ketones is 1. The van der Waals surface area contributed by atoms with Crippen molar-refractivity contribution in [3.63, 3.8) is 0 Å². The predicted molar refractivity (Wildman–Crippen MR) is 77.6 cm³/mol. The summed E-state index contributed by atoms with van der Waals surface area (Å²) in [6.07, 6.45) is 5.10. The highest BCUT2D eigenvalue weighted by Gasteiger charge is 2.28. The molecule has 2 nitrogen and oxygen atoms in total. The van der Waals surface area contributed by atoms with Crippen molar-refractivity contribution in [1.29, 1.82) is 0 Å². The van der Waals surface area contributed by atoms with Gasteiger partial charge in [-0.3, -0.25) is 4.79 Å². The summed E-state index contributed by atoms with van der Waals surface area (Å²) in [4.78, 5) is 12.1. The van der Waals surface area contributed by atoms with Crippen LogP contribution in [0.4, 0.5) is 0 Å². The predicted octanol–water partition coefficient (Wildman–Crippen LogP) is 4.34. The topological polar surface area (TPSA) is 26.3 Å². The van der Waals surface area contributed by atoms with Crippen LogP contribution in [0.15, 0.2) is 24.3 Å². The van der Waals surface area contributed by atoms with Gasteiger partial charge in [0.05, 0.1) is 6.61 Å². The van der Waals surface area contributed by atoms with E-state index in [0.717, 1.165) is 37.9 Å². The maximum atomic E-state index is 12.1. The van der Waals surface area contributed by atoms with Gasteiger partial charge in [0.2, 0.25) is 0 Å². The zero-order valence-corrected chi connectivity index (χ0v) is 12.0. The van der Waals surface area contributed by atoms with E-state index in [1.165, 1.54) is 5.56 Å². The molecule has 1 aliphatic carbocycles. The summed E-state index contributed by atoms with van der Waals surface area (Å²) in [7, 11) is 0. The van der Waals surface area contributed by atoms with Crippen LogP contribution in [0.3, 0.4) is 0 Å². The average molecular weight is 260 g/mol. The summed E-state index contributed by atoms with van der Waals surface area (Å²) in [5.74, 6) is 2.12. The number of carbonyl (C=O) groups is 1. The lowest BCUT2D eigenvalue weighted by molar-refractivity contribution is -0.125. The molecule has 0 radical (unpaired) electrons. The van der Waals surface area contributed by atoms with Crippen molar-refractivity contribution in [2.24, 2.45) is 5.92 Å². The van der Waals surface area contributed by atoms with E-state index in [-0.39, 0.29) is 0 Å². The van der Waals surface area contributed by atoms with Gasteiger partial charge in [-0.25, -0.2) is 0 Å². The molecule has 0 aliphatic heterocycles. The van der Waals surface area contributed by atoms with Crippen molar-refractivity contribution in [2.75, 3.05) is 6.61 Å². The summed E-state index contributed by atoms with van der Waals surface area (Å²) in [6, 6.07) is 8.26. The molecule has 1 aromatic carbocycles. The molecule has 1 aliphatic rings. The smallest absolute Gasteiger partial charge is 0.136 e. The van der Waals surface area contributed by atoms with Crippen LogP contribution in [-0.2, 0) is 4.79 Å². The van der Waals surface area contributed by atoms with Gasteiger partial charge in [-0.1, -0.05) is 25.5 Å². The minimum Gasteiger partial charge on any atom is -0.494 e. The number of ether oxygens (including phenoxy) is 1. The quantitative estimate of drug-likeness (QED) is 0.787. The SMILES string of the molecule is CCC[C@H]1CC[C@H](c2ccc(OCC)cc2)CC1=O. The van der Waals surface area contributed by atoms with E-state index >= 15 is 0 Å². The molecule has 0 spiro atoms. The van der Waals surface area contributed by atoms with E-state index in [4.69, 9.17) is 4.74 Å². The molecule has 0 amide bonds. The lowest BCUT2D eigenvalue weighted by Gasteiger charge is -2.27.